The van der Waals surface area contributed by atoms with Crippen LogP contribution in [0.2, 0.25) is 0 Å². The summed E-state index contributed by atoms with van der Waals surface area (Å²) < 4.78 is 23.7. The van der Waals surface area contributed by atoms with Crippen molar-refractivity contribution in [3.63, 3.8) is 0 Å². The minimum atomic E-state index is -0.319. The van der Waals surface area contributed by atoms with Crippen LogP contribution in [0.4, 0.5) is 10.3 Å². The fraction of sp³-hybridized carbons (Fsp3) is 0.235. The molecule has 0 aliphatic heterocycles. The highest BCUT2D eigenvalue weighted by Gasteiger charge is 2.17. The molecule has 0 aliphatic carbocycles. The molecular formula is C17H17FN4O2. The number of aryl methyl sites for hydroxylation is 2. The van der Waals surface area contributed by atoms with Crippen molar-refractivity contribution < 1.29 is 13.7 Å². The molecule has 24 heavy (non-hydrogen) atoms. The second-order valence-electron chi connectivity index (χ2n) is 5.38. The predicted octanol–water partition coefficient (Wildman–Crippen LogP) is 4.19. The summed E-state index contributed by atoms with van der Waals surface area (Å²) in [4.78, 5) is 8.50. The number of anilines is 1. The molecule has 1 N–H and O–H groups in total. The summed E-state index contributed by atoms with van der Waals surface area (Å²) in [6.45, 7) is 5.73. The summed E-state index contributed by atoms with van der Waals surface area (Å²) in [6.07, 6.45) is 1.59. The van der Waals surface area contributed by atoms with E-state index in [-0.39, 0.29) is 11.9 Å². The first-order valence-electron chi connectivity index (χ1n) is 7.48. The fourth-order valence-corrected chi connectivity index (χ4v) is 2.47. The van der Waals surface area contributed by atoms with Crippen molar-refractivity contribution >= 4 is 5.95 Å². The Labute approximate surface area is 138 Å². The SMILES string of the molecule is Cc1noc(C)c1C(C)Nc1nccc(Oc2ccc(F)cc2)n1. The van der Waals surface area contributed by atoms with Crippen LogP contribution in [0.3, 0.4) is 0 Å². The number of rotatable bonds is 5. The van der Waals surface area contributed by atoms with Crippen LogP contribution in [0.25, 0.3) is 0 Å². The smallest absolute Gasteiger partial charge is 0.226 e. The van der Waals surface area contributed by atoms with Crippen molar-refractivity contribution in [3.8, 4) is 11.6 Å². The lowest BCUT2D eigenvalue weighted by molar-refractivity contribution is 0.392. The van der Waals surface area contributed by atoms with E-state index in [0.29, 0.717) is 17.6 Å². The first-order valence-corrected chi connectivity index (χ1v) is 7.48. The van der Waals surface area contributed by atoms with Crippen LogP contribution in [0.5, 0.6) is 11.6 Å². The lowest BCUT2D eigenvalue weighted by atomic mass is 10.1. The minimum absolute atomic E-state index is 0.0719. The maximum Gasteiger partial charge on any atom is 0.226 e. The molecule has 2 aromatic heterocycles. The molecule has 0 saturated carbocycles. The molecule has 0 fully saturated rings. The second kappa shape index (κ2) is 6.66. The number of hydrogen-bond acceptors (Lipinski definition) is 6. The molecule has 0 spiro atoms. The highest BCUT2D eigenvalue weighted by molar-refractivity contribution is 5.36. The number of nitrogens with one attached hydrogen (secondary N) is 1. The van der Waals surface area contributed by atoms with Crippen LogP contribution in [0, 0.1) is 19.7 Å². The number of nitrogens with zero attached hydrogens (tertiary/aromatic N) is 3. The standard InChI is InChI=1S/C17H17FN4O2/c1-10(16-11(2)22-24-12(16)3)20-17-19-9-8-15(21-17)23-14-6-4-13(18)5-7-14/h4-10H,1-3H3,(H,19,20,21). The molecule has 0 radical (unpaired) electrons. The Balaban J connectivity index is 1.74. The molecule has 3 aromatic rings. The van der Waals surface area contributed by atoms with Crippen molar-refractivity contribution in [3.05, 3.63) is 59.4 Å². The van der Waals surface area contributed by atoms with E-state index < -0.39 is 0 Å². The van der Waals surface area contributed by atoms with Gasteiger partial charge >= 0.3 is 0 Å². The molecular weight excluding hydrogens is 311 g/mol. The molecule has 7 heteroatoms. The average molecular weight is 328 g/mol. The van der Waals surface area contributed by atoms with Gasteiger partial charge in [-0.3, -0.25) is 0 Å². The lowest BCUT2D eigenvalue weighted by Gasteiger charge is -2.14. The molecule has 0 amide bonds. The van der Waals surface area contributed by atoms with E-state index in [9.17, 15) is 4.39 Å². The molecule has 0 bridgehead atoms. The van der Waals surface area contributed by atoms with Crippen LogP contribution < -0.4 is 10.1 Å². The Kier molecular flexibility index (Phi) is 4.41. The molecule has 0 saturated heterocycles. The number of aromatic nitrogens is 3. The maximum atomic E-state index is 12.9. The summed E-state index contributed by atoms with van der Waals surface area (Å²) >= 11 is 0. The summed E-state index contributed by atoms with van der Waals surface area (Å²) in [6, 6.07) is 7.30. The zero-order valence-corrected chi connectivity index (χ0v) is 13.6. The van der Waals surface area contributed by atoms with Crippen molar-refractivity contribution in [2.75, 3.05) is 5.32 Å². The average Bonchev–Trinajstić information content (AvgIpc) is 2.89. The molecule has 1 atom stereocenters. The number of hydrogen-bond donors (Lipinski definition) is 1. The van der Waals surface area contributed by atoms with E-state index in [1.807, 2.05) is 20.8 Å². The Morgan fingerprint density at radius 1 is 1.17 bits per heavy atom. The van der Waals surface area contributed by atoms with Gasteiger partial charge in [-0.15, -0.1) is 0 Å². The van der Waals surface area contributed by atoms with Gasteiger partial charge in [0.05, 0.1) is 11.7 Å². The Bertz CT molecular complexity index is 813. The predicted molar refractivity (Wildman–Crippen MR) is 86.5 cm³/mol. The number of halogens is 1. The van der Waals surface area contributed by atoms with Gasteiger partial charge in [0.25, 0.3) is 0 Å². The van der Waals surface area contributed by atoms with Gasteiger partial charge < -0.3 is 14.6 Å². The van der Waals surface area contributed by atoms with Crippen LogP contribution in [0.15, 0.2) is 41.1 Å². The third-order valence-corrected chi connectivity index (χ3v) is 3.53. The molecule has 3 rings (SSSR count). The Morgan fingerprint density at radius 2 is 1.92 bits per heavy atom. The van der Waals surface area contributed by atoms with E-state index in [2.05, 4.69) is 20.4 Å². The lowest BCUT2D eigenvalue weighted by Crippen LogP contribution is -2.11. The van der Waals surface area contributed by atoms with Gasteiger partial charge in [0.15, 0.2) is 0 Å². The Morgan fingerprint density at radius 3 is 2.58 bits per heavy atom. The third-order valence-electron chi connectivity index (χ3n) is 3.53. The summed E-state index contributed by atoms with van der Waals surface area (Å²) in [5.74, 6) is 1.72. The van der Waals surface area contributed by atoms with Crippen LogP contribution in [-0.4, -0.2) is 15.1 Å². The topological polar surface area (TPSA) is 73.1 Å². The van der Waals surface area contributed by atoms with Crippen molar-refractivity contribution in [2.45, 2.75) is 26.8 Å². The summed E-state index contributed by atoms with van der Waals surface area (Å²) in [7, 11) is 0. The van der Waals surface area contributed by atoms with Gasteiger partial charge in [-0.25, -0.2) is 9.37 Å². The van der Waals surface area contributed by atoms with E-state index in [1.165, 1.54) is 24.3 Å². The van der Waals surface area contributed by atoms with E-state index >= 15 is 0 Å². The van der Waals surface area contributed by atoms with Gasteiger partial charge in [0.1, 0.15) is 17.3 Å². The first-order chi connectivity index (χ1) is 11.5. The van der Waals surface area contributed by atoms with Crippen molar-refractivity contribution in [1.82, 2.24) is 15.1 Å². The number of ether oxygens (including phenoxy) is 1. The molecule has 0 aliphatic rings. The molecule has 2 heterocycles. The van der Waals surface area contributed by atoms with E-state index in [0.717, 1.165) is 17.0 Å². The van der Waals surface area contributed by atoms with Gasteiger partial charge in [-0.1, -0.05) is 5.16 Å². The summed E-state index contributed by atoms with van der Waals surface area (Å²) in [5.41, 5.74) is 1.80. The molecule has 6 nitrogen and oxygen atoms in total. The molecule has 124 valence electrons. The fourth-order valence-electron chi connectivity index (χ4n) is 2.47. The van der Waals surface area contributed by atoms with Crippen LogP contribution in [-0.2, 0) is 0 Å². The van der Waals surface area contributed by atoms with Gasteiger partial charge in [-0.2, -0.15) is 4.98 Å². The zero-order chi connectivity index (χ0) is 17.1. The van der Waals surface area contributed by atoms with Gasteiger partial charge in [-0.05, 0) is 45.0 Å². The van der Waals surface area contributed by atoms with Gasteiger partial charge in [0, 0.05) is 17.8 Å². The zero-order valence-electron chi connectivity index (χ0n) is 13.6. The largest absolute Gasteiger partial charge is 0.439 e. The van der Waals surface area contributed by atoms with Crippen LogP contribution >= 0.6 is 0 Å². The summed E-state index contributed by atoms with van der Waals surface area (Å²) in [5, 5.41) is 7.15. The van der Waals surface area contributed by atoms with Crippen LogP contribution in [0.1, 0.15) is 30.0 Å². The number of benzene rings is 1. The first kappa shape index (κ1) is 15.9. The molecule has 1 unspecified atom stereocenters. The van der Waals surface area contributed by atoms with Gasteiger partial charge in [0.2, 0.25) is 11.8 Å². The minimum Gasteiger partial charge on any atom is -0.439 e. The highest BCUT2D eigenvalue weighted by atomic mass is 19.1. The normalized spacial score (nSPS) is 12.0. The quantitative estimate of drug-likeness (QED) is 0.757. The molecule has 1 aromatic carbocycles. The van der Waals surface area contributed by atoms with E-state index in [1.54, 1.807) is 12.3 Å². The van der Waals surface area contributed by atoms with Crippen molar-refractivity contribution in [2.24, 2.45) is 0 Å². The van der Waals surface area contributed by atoms with Crippen molar-refractivity contribution in [1.29, 1.82) is 0 Å². The Hall–Kier alpha value is -2.96. The monoisotopic (exact) mass is 328 g/mol. The highest BCUT2D eigenvalue weighted by Crippen LogP contribution is 2.25. The third kappa shape index (κ3) is 3.51. The van der Waals surface area contributed by atoms with E-state index in [4.69, 9.17) is 9.26 Å². The maximum absolute atomic E-state index is 12.9. The second-order valence-corrected chi connectivity index (χ2v) is 5.38.